The van der Waals surface area contributed by atoms with E-state index in [1.165, 1.54) is 5.56 Å². The van der Waals surface area contributed by atoms with Gasteiger partial charge in [0, 0.05) is 22.6 Å². The van der Waals surface area contributed by atoms with Crippen molar-refractivity contribution in [1.82, 2.24) is 0 Å². The third-order valence-electron chi connectivity index (χ3n) is 6.40. The quantitative estimate of drug-likeness (QED) is 0.292. The number of carbonyl (C=O) groups is 1. The van der Waals surface area contributed by atoms with Gasteiger partial charge in [0.25, 0.3) is 0 Å². The number of rotatable bonds is 4. The van der Waals surface area contributed by atoms with Crippen molar-refractivity contribution in [2.45, 2.75) is 33.1 Å². The summed E-state index contributed by atoms with van der Waals surface area (Å²) in [5, 5.41) is 10.6. The molecule has 1 unspecified atom stereocenters. The molecule has 3 aromatic carbocycles. The average Bonchev–Trinajstić information content (AvgIpc) is 3.18. The first kappa shape index (κ1) is 22.3. The van der Waals surface area contributed by atoms with Crippen molar-refractivity contribution in [3.8, 4) is 17.6 Å². The molecule has 35 heavy (non-hydrogen) atoms. The van der Waals surface area contributed by atoms with E-state index in [0.717, 1.165) is 34.1 Å². The third-order valence-corrected chi connectivity index (χ3v) is 6.40. The van der Waals surface area contributed by atoms with Crippen LogP contribution in [0.2, 0.25) is 0 Å². The van der Waals surface area contributed by atoms with Gasteiger partial charge in [0.05, 0.1) is 5.92 Å². The van der Waals surface area contributed by atoms with Gasteiger partial charge in [-0.25, -0.2) is 4.79 Å². The summed E-state index contributed by atoms with van der Waals surface area (Å²) in [6.45, 7) is 5.89. The number of fused-ring (bicyclic) bond motifs is 2. The van der Waals surface area contributed by atoms with E-state index in [4.69, 9.17) is 19.6 Å². The van der Waals surface area contributed by atoms with Crippen molar-refractivity contribution in [3.05, 3.63) is 106 Å². The van der Waals surface area contributed by atoms with Gasteiger partial charge in [0.15, 0.2) is 0 Å². The number of aryl methyl sites for hydroxylation is 3. The van der Waals surface area contributed by atoms with Crippen LogP contribution in [0.3, 0.4) is 0 Å². The Labute approximate surface area is 203 Å². The second-order valence-corrected chi connectivity index (χ2v) is 8.66. The molecule has 0 spiro atoms. The van der Waals surface area contributed by atoms with Gasteiger partial charge in [-0.3, -0.25) is 0 Å². The van der Waals surface area contributed by atoms with Crippen molar-refractivity contribution in [1.29, 1.82) is 5.26 Å². The maximum absolute atomic E-state index is 12.9. The number of benzene rings is 3. The Balaban J connectivity index is 1.48. The standard InChI is InChI=1S/C29H24N2O4/c1-4-18-6-8-19(9-7-18)26-22-12-10-20(14-25(22)35-28(31)23(26)15-30)33-29(32)27-17(3)21-11-5-16(2)13-24(21)34-27/h5-14,26H,4,31H2,1-3H3. The molecule has 0 bridgehead atoms. The summed E-state index contributed by atoms with van der Waals surface area (Å²) < 4.78 is 17.2. The van der Waals surface area contributed by atoms with Crippen LogP contribution in [0.5, 0.6) is 11.5 Å². The lowest BCUT2D eigenvalue weighted by atomic mass is 9.83. The van der Waals surface area contributed by atoms with E-state index in [0.29, 0.717) is 16.9 Å². The number of carbonyl (C=O) groups excluding carboxylic acids is 1. The van der Waals surface area contributed by atoms with Crippen LogP contribution in [0.1, 0.15) is 51.2 Å². The summed E-state index contributed by atoms with van der Waals surface area (Å²) >= 11 is 0. The molecule has 0 radical (unpaired) electrons. The first-order valence-electron chi connectivity index (χ1n) is 11.4. The Morgan fingerprint density at radius 2 is 1.86 bits per heavy atom. The van der Waals surface area contributed by atoms with Crippen LogP contribution in [0.4, 0.5) is 0 Å². The number of nitrogens with two attached hydrogens (primary N) is 1. The van der Waals surface area contributed by atoms with Gasteiger partial charge in [0.2, 0.25) is 11.6 Å². The molecule has 1 aromatic heterocycles. The molecule has 6 heteroatoms. The molecule has 5 rings (SSSR count). The summed E-state index contributed by atoms with van der Waals surface area (Å²) in [5.74, 6) is -0.0486. The number of nitriles is 1. The highest BCUT2D eigenvalue weighted by atomic mass is 16.5. The van der Waals surface area contributed by atoms with E-state index >= 15 is 0 Å². The molecule has 0 amide bonds. The molecular weight excluding hydrogens is 440 g/mol. The van der Waals surface area contributed by atoms with Gasteiger partial charge in [-0.05, 0) is 49.1 Å². The lowest BCUT2D eigenvalue weighted by molar-refractivity contribution is 0.0702. The molecule has 0 fully saturated rings. The Bertz CT molecular complexity index is 1540. The molecule has 6 nitrogen and oxygen atoms in total. The second-order valence-electron chi connectivity index (χ2n) is 8.66. The van der Waals surface area contributed by atoms with Crippen LogP contribution in [-0.4, -0.2) is 5.97 Å². The molecule has 0 saturated carbocycles. The van der Waals surface area contributed by atoms with Gasteiger partial charge in [0.1, 0.15) is 28.7 Å². The highest BCUT2D eigenvalue weighted by Gasteiger charge is 2.31. The fourth-order valence-electron chi connectivity index (χ4n) is 4.47. The zero-order valence-electron chi connectivity index (χ0n) is 19.7. The van der Waals surface area contributed by atoms with Crippen molar-refractivity contribution in [3.63, 3.8) is 0 Å². The Hall–Kier alpha value is -4.50. The van der Waals surface area contributed by atoms with Crippen LogP contribution < -0.4 is 15.2 Å². The number of esters is 1. The predicted octanol–water partition coefficient (Wildman–Crippen LogP) is 6.05. The van der Waals surface area contributed by atoms with E-state index in [-0.39, 0.29) is 23.3 Å². The first-order chi connectivity index (χ1) is 16.9. The minimum absolute atomic E-state index is 0.0385. The zero-order chi connectivity index (χ0) is 24.7. The number of furan rings is 1. The van der Waals surface area contributed by atoms with Gasteiger partial charge in [-0.15, -0.1) is 0 Å². The SMILES string of the molecule is CCc1ccc(C2C(C#N)=C(N)Oc3cc(OC(=O)c4oc5cc(C)ccc5c4C)ccc32)cc1. The Morgan fingerprint density at radius 3 is 2.57 bits per heavy atom. The van der Waals surface area contributed by atoms with Crippen molar-refractivity contribution in [2.75, 3.05) is 0 Å². The Kier molecular flexibility index (Phi) is 5.54. The highest BCUT2D eigenvalue weighted by molar-refractivity contribution is 5.97. The molecule has 2 N–H and O–H groups in total. The average molecular weight is 465 g/mol. The van der Waals surface area contributed by atoms with Crippen LogP contribution in [-0.2, 0) is 6.42 Å². The van der Waals surface area contributed by atoms with Crippen molar-refractivity contribution >= 4 is 16.9 Å². The largest absolute Gasteiger partial charge is 0.449 e. The summed E-state index contributed by atoms with van der Waals surface area (Å²) in [7, 11) is 0. The molecule has 1 aliphatic rings. The molecule has 0 saturated heterocycles. The van der Waals surface area contributed by atoms with E-state index in [1.807, 2.05) is 56.3 Å². The monoisotopic (exact) mass is 464 g/mol. The minimum Gasteiger partial charge on any atom is -0.449 e. The van der Waals surface area contributed by atoms with Crippen LogP contribution in [0, 0.1) is 25.2 Å². The minimum atomic E-state index is -0.597. The maximum Gasteiger partial charge on any atom is 0.379 e. The molecular formula is C29H24N2O4. The lowest BCUT2D eigenvalue weighted by Crippen LogP contribution is -2.21. The third kappa shape index (κ3) is 3.91. The van der Waals surface area contributed by atoms with Crippen LogP contribution >= 0.6 is 0 Å². The van der Waals surface area contributed by atoms with E-state index in [9.17, 15) is 10.1 Å². The van der Waals surface area contributed by atoms with Crippen LogP contribution in [0.15, 0.2) is 76.5 Å². The number of nitrogens with zero attached hydrogens (tertiary/aromatic N) is 1. The summed E-state index contributed by atoms with van der Waals surface area (Å²) in [6, 6.07) is 21.2. The molecule has 2 heterocycles. The van der Waals surface area contributed by atoms with Crippen LogP contribution in [0.25, 0.3) is 11.0 Å². The lowest BCUT2D eigenvalue weighted by Gasteiger charge is -2.26. The summed E-state index contributed by atoms with van der Waals surface area (Å²) in [5.41, 5.74) is 11.8. The number of hydrogen-bond acceptors (Lipinski definition) is 6. The number of ether oxygens (including phenoxy) is 2. The summed E-state index contributed by atoms with van der Waals surface area (Å²) in [4.78, 5) is 12.9. The molecule has 1 atom stereocenters. The zero-order valence-corrected chi connectivity index (χ0v) is 19.7. The molecule has 4 aromatic rings. The fourth-order valence-corrected chi connectivity index (χ4v) is 4.47. The van der Waals surface area contributed by atoms with Gasteiger partial charge in [-0.1, -0.05) is 49.4 Å². The molecule has 174 valence electrons. The smallest absolute Gasteiger partial charge is 0.379 e. The fraction of sp³-hybridized carbons (Fsp3) is 0.172. The Morgan fingerprint density at radius 1 is 1.09 bits per heavy atom. The van der Waals surface area contributed by atoms with E-state index < -0.39 is 5.97 Å². The van der Waals surface area contributed by atoms with Gasteiger partial charge in [-0.2, -0.15) is 5.26 Å². The summed E-state index contributed by atoms with van der Waals surface area (Å²) in [6.07, 6.45) is 0.923. The van der Waals surface area contributed by atoms with Crippen molar-refractivity contribution in [2.24, 2.45) is 5.73 Å². The number of hydrogen-bond donors (Lipinski definition) is 1. The van der Waals surface area contributed by atoms with E-state index in [1.54, 1.807) is 18.2 Å². The highest BCUT2D eigenvalue weighted by Crippen LogP contribution is 2.43. The first-order valence-corrected chi connectivity index (χ1v) is 11.4. The van der Waals surface area contributed by atoms with Crippen molar-refractivity contribution < 1.29 is 18.7 Å². The van der Waals surface area contributed by atoms with E-state index in [2.05, 4.69) is 13.0 Å². The topological polar surface area (TPSA) is 98.5 Å². The maximum atomic E-state index is 12.9. The molecule has 0 aliphatic carbocycles. The second kappa shape index (κ2) is 8.69. The van der Waals surface area contributed by atoms with Gasteiger partial charge < -0.3 is 19.6 Å². The molecule has 1 aliphatic heterocycles. The normalized spacial score (nSPS) is 14.9. The predicted molar refractivity (Wildman–Crippen MR) is 132 cm³/mol. The number of allylic oxidation sites excluding steroid dienone is 1. The van der Waals surface area contributed by atoms with Gasteiger partial charge >= 0.3 is 5.97 Å².